The fraction of sp³-hybridized carbons (Fsp3) is 0.278. The van der Waals surface area contributed by atoms with Crippen LogP contribution in [0.2, 0.25) is 0 Å². The van der Waals surface area contributed by atoms with Gasteiger partial charge in [0, 0.05) is 0 Å². The molecule has 0 heterocycles. The van der Waals surface area contributed by atoms with Gasteiger partial charge < -0.3 is 20.1 Å². The standard InChI is InChI=1S/C18H22N2O2S/c1-3-21-17-7-5-4-6-16(17)20-18(23)19-12-13-22-15-10-8-14(2)9-11-15/h4-11H,3,12-13H2,1-2H3,(H2,19,20,23). The lowest BCUT2D eigenvalue weighted by atomic mass is 10.2. The van der Waals surface area contributed by atoms with Gasteiger partial charge in [-0.1, -0.05) is 29.8 Å². The van der Waals surface area contributed by atoms with Crippen molar-refractivity contribution >= 4 is 23.0 Å². The fourth-order valence-corrected chi connectivity index (χ4v) is 2.20. The Bertz CT molecular complexity index is 629. The molecule has 0 aromatic heterocycles. The van der Waals surface area contributed by atoms with E-state index in [0.29, 0.717) is 24.9 Å². The van der Waals surface area contributed by atoms with E-state index in [-0.39, 0.29) is 0 Å². The second-order valence-corrected chi connectivity index (χ2v) is 5.38. The van der Waals surface area contributed by atoms with Crippen LogP contribution in [0.5, 0.6) is 11.5 Å². The molecule has 2 aromatic rings. The summed E-state index contributed by atoms with van der Waals surface area (Å²) in [6.45, 7) is 5.78. The average molecular weight is 330 g/mol. The third kappa shape index (κ3) is 5.79. The molecule has 0 fully saturated rings. The molecule has 0 radical (unpaired) electrons. The zero-order valence-electron chi connectivity index (χ0n) is 13.5. The Morgan fingerprint density at radius 3 is 2.52 bits per heavy atom. The average Bonchev–Trinajstić information content (AvgIpc) is 2.55. The first-order valence-corrected chi connectivity index (χ1v) is 8.06. The Morgan fingerprint density at radius 2 is 1.78 bits per heavy atom. The number of benzene rings is 2. The van der Waals surface area contributed by atoms with Crippen molar-refractivity contribution < 1.29 is 9.47 Å². The van der Waals surface area contributed by atoms with Crippen molar-refractivity contribution in [3.05, 3.63) is 54.1 Å². The molecular formula is C18H22N2O2S. The Morgan fingerprint density at radius 1 is 1.04 bits per heavy atom. The summed E-state index contributed by atoms with van der Waals surface area (Å²) < 4.78 is 11.2. The normalized spacial score (nSPS) is 10.0. The van der Waals surface area contributed by atoms with Gasteiger partial charge in [-0.25, -0.2) is 0 Å². The van der Waals surface area contributed by atoms with E-state index in [4.69, 9.17) is 21.7 Å². The number of nitrogens with one attached hydrogen (secondary N) is 2. The summed E-state index contributed by atoms with van der Waals surface area (Å²) in [7, 11) is 0. The van der Waals surface area contributed by atoms with E-state index < -0.39 is 0 Å². The van der Waals surface area contributed by atoms with Gasteiger partial charge in [0.05, 0.1) is 18.8 Å². The molecule has 4 nitrogen and oxygen atoms in total. The summed E-state index contributed by atoms with van der Waals surface area (Å²) >= 11 is 5.29. The zero-order chi connectivity index (χ0) is 16.5. The highest BCUT2D eigenvalue weighted by molar-refractivity contribution is 7.80. The van der Waals surface area contributed by atoms with Gasteiger partial charge in [-0.2, -0.15) is 0 Å². The molecule has 2 rings (SSSR count). The molecule has 0 aliphatic heterocycles. The van der Waals surface area contributed by atoms with E-state index >= 15 is 0 Å². The molecule has 0 aliphatic carbocycles. The minimum absolute atomic E-state index is 0.540. The number of para-hydroxylation sites is 2. The van der Waals surface area contributed by atoms with E-state index in [1.54, 1.807) is 0 Å². The van der Waals surface area contributed by atoms with Crippen molar-refractivity contribution in [2.75, 3.05) is 25.1 Å². The highest BCUT2D eigenvalue weighted by Gasteiger charge is 2.04. The van der Waals surface area contributed by atoms with Gasteiger partial charge in [0.15, 0.2) is 5.11 Å². The van der Waals surface area contributed by atoms with E-state index in [9.17, 15) is 0 Å². The maximum Gasteiger partial charge on any atom is 0.170 e. The molecule has 0 saturated carbocycles. The molecule has 23 heavy (non-hydrogen) atoms. The molecule has 0 unspecified atom stereocenters. The van der Waals surface area contributed by atoms with Crippen molar-refractivity contribution in [1.29, 1.82) is 0 Å². The lowest BCUT2D eigenvalue weighted by molar-refractivity contribution is 0.322. The maximum absolute atomic E-state index is 5.65. The van der Waals surface area contributed by atoms with Crippen LogP contribution in [0.4, 0.5) is 5.69 Å². The molecule has 0 amide bonds. The van der Waals surface area contributed by atoms with Crippen LogP contribution >= 0.6 is 12.2 Å². The third-order valence-corrected chi connectivity index (χ3v) is 3.36. The molecule has 0 saturated heterocycles. The molecule has 5 heteroatoms. The smallest absolute Gasteiger partial charge is 0.170 e. The number of rotatable bonds is 7. The quantitative estimate of drug-likeness (QED) is 0.598. The first-order chi connectivity index (χ1) is 11.2. The van der Waals surface area contributed by atoms with Crippen molar-refractivity contribution in [1.82, 2.24) is 5.32 Å². The van der Waals surface area contributed by atoms with Gasteiger partial charge in [-0.3, -0.25) is 0 Å². The highest BCUT2D eigenvalue weighted by atomic mass is 32.1. The Kier molecular flexibility index (Phi) is 6.69. The number of aryl methyl sites for hydroxylation is 1. The van der Waals surface area contributed by atoms with Crippen molar-refractivity contribution in [2.45, 2.75) is 13.8 Å². The van der Waals surface area contributed by atoms with Gasteiger partial charge in [-0.15, -0.1) is 0 Å². The van der Waals surface area contributed by atoms with Crippen molar-refractivity contribution in [3.8, 4) is 11.5 Å². The summed E-state index contributed by atoms with van der Waals surface area (Å²) in [4.78, 5) is 0. The molecule has 2 N–H and O–H groups in total. The molecule has 0 bridgehead atoms. The highest BCUT2D eigenvalue weighted by Crippen LogP contribution is 2.23. The van der Waals surface area contributed by atoms with E-state index in [2.05, 4.69) is 17.6 Å². The summed E-state index contributed by atoms with van der Waals surface area (Å²) in [5.41, 5.74) is 2.07. The summed E-state index contributed by atoms with van der Waals surface area (Å²) in [6, 6.07) is 15.7. The lowest BCUT2D eigenvalue weighted by Gasteiger charge is -2.14. The van der Waals surface area contributed by atoms with Gasteiger partial charge in [0.2, 0.25) is 0 Å². The second kappa shape index (κ2) is 9.00. The topological polar surface area (TPSA) is 42.5 Å². The van der Waals surface area contributed by atoms with Crippen LogP contribution in [0.1, 0.15) is 12.5 Å². The van der Waals surface area contributed by atoms with Crippen molar-refractivity contribution in [2.24, 2.45) is 0 Å². The Hall–Kier alpha value is -2.27. The predicted molar refractivity (Wildman–Crippen MR) is 98.5 cm³/mol. The van der Waals surface area contributed by atoms with Crippen LogP contribution in [-0.4, -0.2) is 24.9 Å². The minimum Gasteiger partial charge on any atom is -0.492 e. The van der Waals surface area contributed by atoms with Crippen LogP contribution < -0.4 is 20.1 Å². The lowest BCUT2D eigenvalue weighted by Crippen LogP contribution is -2.32. The Labute approximate surface area is 142 Å². The second-order valence-electron chi connectivity index (χ2n) is 4.97. The first-order valence-electron chi connectivity index (χ1n) is 7.65. The monoisotopic (exact) mass is 330 g/mol. The van der Waals surface area contributed by atoms with Gasteiger partial charge in [0.25, 0.3) is 0 Å². The third-order valence-electron chi connectivity index (χ3n) is 3.11. The van der Waals surface area contributed by atoms with Crippen LogP contribution in [-0.2, 0) is 0 Å². The number of thiocarbonyl (C=S) groups is 1. The molecule has 2 aromatic carbocycles. The molecule has 0 atom stereocenters. The van der Waals surface area contributed by atoms with Crippen LogP contribution in [0.3, 0.4) is 0 Å². The molecular weight excluding hydrogens is 308 g/mol. The molecule has 0 spiro atoms. The van der Waals surface area contributed by atoms with Crippen LogP contribution in [0.15, 0.2) is 48.5 Å². The van der Waals surface area contributed by atoms with E-state index in [0.717, 1.165) is 17.2 Å². The number of ether oxygens (including phenoxy) is 2. The zero-order valence-corrected chi connectivity index (χ0v) is 14.3. The summed E-state index contributed by atoms with van der Waals surface area (Å²) in [5, 5.41) is 6.81. The maximum atomic E-state index is 5.65. The SMILES string of the molecule is CCOc1ccccc1NC(=S)NCCOc1ccc(C)cc1. The van der Waals surface area contributed by atoms with Crippen molar-refractivity contribution in [3.63, 3.8) is 0 Å². The van der Waals surface area contributed by atoms with Gasteiger partial charge >= 0.3 is 0 Å². The first kappa shape index (κ1) is 17.1. The predicted octanol–water partition coefficient (Wildman–Crippen LogP) is 3.76. The summed E-state index contributed by atoms with van der Waals surface area (Å²) in [6.07, 6.45) is 0. The number of hydrogen-bond donors (Lipinski definition) is 2. The molecule has 0 aliphatic rings. The minimum atomic E-state index is 0.540. The van der Waals surface area contributed by atoms with E-state index in [1.807, 2.05) is 55.5 Å². The van der Waals surface area contributed by atoms with Gasteiger partial charge in [-0.05, 0) is 50.3 Å². The van der Waals surface area contributed by atoms with Crippen LogP contribution in [0, 0.1) is 6.92 Å². The molecule has 122 valence electrons. The largest absolute Gasteiger partial charge is 0.492 e. The van der Waals surface area contributed by atoms with E-state index in [1.165, 1.54) is 5.56 Å². The fourth-order valence-electron chi connectivity index (χ4n) is 1.99. The Balaban J connectivity index is 1.74. The number of hydrogen-bond acceptors (Lipinski definition) is 3. The number of anilines is 1. The van der Waals surface area contributed by atoms with Gasteiger partial charge in [0.1, 0.15) is 18.1 Å². The summed E-state index contributed by atoms with van der Waals surface area (Å²) in [5.74, 6) is 1.65. The van der Waals surface area contributed by atoms with Crippen LogP contribution in [0.25, 0.3) is 0 Å².